The van der Waals surface area contributed by atoms with Crippen LogP contribution in [-0.4, -0.2) is 38.7 Å². The van der Waals surface area contributed by atoms with Crippen LogP contribution in [0.3, 0.4) is 0 Å². The number of thioether (sulfide) groups is 1. The van der Waals surface area contributed by atoms with Crippen molar-refractivity contribution in [3.63, 3.8) is 0 Å². The van der Waals surface area contributed by atoms with Gasteiger partial charge >= 0.3 is 0 Å². The molecule has 1 unspecified atom stereocenters. The number of fused-ring (bicyclic) bond motifs is 1. The molecule has 1 aliphatic heterocycles. The Morgan fingerprint density at radius 1 is 1.05 bits per heavy atom. The van der Waals surface area contributed by atoms with E-state index in [1.807, 2.05) is 35.9 Å². The van der Waals surface area contributed by atoms with Crippen molar-refractivity contribution in [2.45, 2.75) is 37.7 Å². The Bertz CT molecular complexity index is 1410. The number of pyridine rings is 1. The average Bonchev–Trinajstić information content (AvgIpc) is 3.35. The van der Waals surface area contributed by atoms with Gasteiger partial charge in [-0.1, -0.05) is 54.2 Å². The van der Waals surface area contributed by atoms with Crippen molar-refractivity contribution in [1.82, 2.24) is 19.7 Å². The Morgan fingerprint density at radius 2 is 1.82 bits per heavy atom. The SMILES string of the molecule is CCN(CC)c1ccc(C2C(C(=O)Nc3cccnc3)=C(C)Nc3nc(SCc4ccccc4)nn32)cc1. The van der Waals surface area contributed by atoms with Gasteiger partial charge in [0.25, 0.3) is 5.91 Å². The summed E-state index contributed by atoms with van der Waals surface area (Å²) >= 11 is 1.57. The lowest BCUT2D eigenvalue weighted by Gasteiger charge is -2.29. The lowest BCUT2D eigenvalue weighted by Crippen LogP contribution is -2.31. The third-order valence-corrected chi connectivity index (χ3v) is 7.45. The van der Waals surface area contributed by atoms with Crippen LogP contribution in [0, 0.1) is 0 Å². The summed E-state index contributed by atoms with van der Waals surface area (Å²) in [7, 11) is 0. The maximum absolute atomic E-state index is 13.6. The first-order valence-corrected chi connectivity index (χ1v) is 13.7. The number of aromatic nitrogens is 4. The van der Waals surface area contributed by atoms with Crippen LogP contribution in [0.4, 0.5) is 17.3 Å². The number of anilines is 3. The van der Waals surface area contributed by atoms with Crippen LogP contribution < -0.4 is 15.5 Å². The van der Waals surface area contributed by atoms with Gasteiger partial charge in [-0.15, -0.1) is 5.10 Å². The Labute approximate surface area is 227 Å². The maximum Gasteiger partial charge on any atom is 0.255 e. The van der Waals surface area contributed by atoms with E-state index in [0.717, 1.165) is 35.8 Å². The predicted molar refractivity (Wildman–Crippen MR) is 153 cm³/mol. The molecular formula is C29H31N7OS. The molecule has 1 amide bonds. The summed E-state index contributed by atoms with van der Waals surface area (Å²) in [5.41, 5.74) is 5.27. The number of carbonyl (C=O) groups is 1. The normalized spacial score (nSPS) is 14.6. The minimum Gasteiger partial charge on any atom is -0.372 e. The Hall–Kier alpha value is -4.11. The van der Waals surface area contributed by atoms with Crippen LogP contribution in [0.15, 0.2) is 95.6 Å². The zero-order valence-electron chi connectivity index (χ0n) is 21.8. The highest BCUT2D eigenvalue weighted by molar-refractivity contribution is 7.98. The van der Waals surface area contributed by atoms with Crippen molar-refractivity contribution in [2.75, 3.05) is 28.6 Å². The van der Waals surface area contributed by atoms with Gasteiger partial charge in [0.15, 0.2) is 0 Å². The molecule has 0 saturated heterocycles. The van der Waals surface area contributed by atoms with Gasteiger partial charge in [0, 0.05) is 36.4 Å². The average molecular weight is 526 g/mol. The lowest BCUT2D eigenvalue weighted by atomic mass is 9.94. The van der Waals surface area contributed by atoms with E-state index in [2.05, 4.69) is 70.8 Å². The highest BCUT2D eigenvalue weighted by Gasteiger charge is 2.34. The van der Waals surface area contributed by atoms with E-state index >= 15 is 0 Å². The number of benzene rings is 2. The molecule has 5 rings (SSSR count). The number of hydrogen-bond donors (Lipinski definition) is 2. The molecule has 38 heavy (non-hydrogen) atoms. The van der Waals surface area contributed by atoms with Crippen molar-refractivity contribution in [2.24, 2.45) is 0 Å². The number of amides is 1. The molecule has 0 saturated carbocycles. The fraction of sp³-hybridized carbons (Fsp3) is 0.241. The van der Waals surface area contributed by atoms with Crippen molar-refractivity contribution in [3.8, 4) is 0 Å². The largest absolute Gasteiger partial charge is 0.372 e. The van der Waals surface area contributed by atoms with Gasteiger partial charge in [-0.3, -0.25) is 9.78 Å². The van der Waals surface area contributed by atoms with Gasteiger partial charge in [0.05, 0.1) is 17.5 Å². The van der Waals surface area contributed by atoms with E-state index in [4.69, 9.17) is 10.1 Å². The van der Waals surface area contributed by atoms with Gasteiger partial charge in [0.1, 0.15) is 6.04 Å². The number of carbonyl (C=O) groups excluding carboxylic acids is 1. The first-order chi connectivity index (χ1) is 18.6. The molecule has 8 nitrogen and oxygen atoms in total. The van der Waals surface area contributed by atoms with Gasteiger partial charge in [-0.05, 0) is 56.2 Å². The van der Waals surface area contributed by atoms with E-state index in [9.17, 15) is 4.79 Å². The number of nitrogens with zero attached hydrogens (tertiary/aromatic N) is 5. The van der Waals surface area contributed by atoms with Crippen LogP contribution in [0.1, 0.15) is 37.9 Å². The van der Waals surface area contributed by atoms with Gasteiger partial charge in [-0.25, -0.2) is 4.68 Å². The van der Waals surface area contributed by atoms with E-state index in [1.165, 1.54) is 5.56 Å². The Balaban J connectivity index is 1.50. The highest BCUT2D eigenvalue weighted by atomic mass is 32.2. The minimum atomic E-state index is -0.438. The van der Waals surface area contributed by atoms with Gasteiger partial charge < -0.3 is 15.5 Å². The van der Waals surface area contributed by atoms with E-state index in [-0.39, 0.29) is 5.91 Å². The zero-order valence-corrected chi connectivity index (χ0v) is 22.6. The van der Waals surface area contributed by atoms with Crippen LogP contribution in [0.2, 0.25) is 0 Å². The van der Waals surface area contributed by atoms with E-state index < -0.39 is 6.04 Å². The Kier molecular flexibility index (Phi) is 7.74. The fourth-order valence-electron chi connectivity index (χ4n) is 4.61. The maximum atomic E-state index is 13.6. The van der Waals surface area contributed by atoms with Crippen LogP contribution in [0.5, 0.6) is 0 Å². The van der Waals surface area contributed by atoms with Crippen LogP contribution >= 0.6 is 11.8 Å². The zero-order chi connectivity index (χ0) is 26.5. The summed E-state index contributed by atoms with van der Waals surface area (Å²) < 4.78 is 1.82. The van der Waals surface area contributed by atoms with E-state index in [0.29, 0.717) is 22.4 Å². The quantitative estimate of drug-likeness (QED) is 0.270. The fourth-order valence-corrected chi connectivity index (χ4v) is 5.39. The molecule has 194 valence electrons. The summed E-state index contributed by atoms with van der Waals surface area (Å²) in [4.78, 5) is 24.8. The minimum absolute atomic E-state index is 0.208. The summed E-state index contributed by atoms with van der Waals surface area (Å²) in [5.74, 6) is 1.17. The molecular weight excluding hydrogens is 494 g/mol. The standard InChI is InChI=1S/C29H31N7OS/c1-4-35(5-2)24-15-13-22(14-16-24)26-25(27(37)32-23-12-9-17-30-18-23)20(3)31-28-33-29(34-36(26)28)38-19-21-10-7-6-8-11-21/h6-18,26H,4-5,19H2,1-3H3,(H,32,37)(H,31,33,34). The summed E-state index contributed by atoms with van der Waals surface area (Å²) in [6.07, 6.45) is 3.32. The number of hydrogen-bond acceptors (Lipinski definition) is 7. The molecule has 4 aromatic rings. The second kappa shape index (κ2) is 11.5. The molecule has 0 radical (unpaired) electrons. The number of allylic oxidation sites excluding steroid dienone is 1. The molecule has 2 N–H and O–H groups in total. The second-order valence-electron chi connectivity index (χ2n) is 8.96. The third kappa shape index (κ3) is 5.43. The lowest BCUT2D eigenvalue weighted by molar-refractivity contribution is -0.113. The number of nitrogens with one attached hydrogen (secondary N) is 2. The third-order valence-electron chi connectivity index (χ3n) is 6.55. The molecule has 0 spiro atoms. The van der Waals surface area contributed by atoms with Crippen molar-refractivity contribution >= 4 is 35.0 Å². The van der Waals surface area contributed by atoms with Crippen LogP contribution in [-0.2, 0) is 10.5 Å². The molecule has 0 aliphatic carbocycles. The van der Waals surface area contributed by atoms with Crippen molar-refractivity contribution < 1.29 is 4.79 Å². The smallest absolute Gasteiger partial charge is 0.255 e. The number of rotatable bonds is 9. The second-order valence-corrected chi connectivity index (χ2v) is 9.91. The monoisotopic (exact) mass is 525 g/mol. The van der Waals surface area contributed by atoms with Crippen molar-refractivity contribution in [1.29, 1.82) is 0 Å². The molecule has 2 aromatic carbocycles. The molecule has 2 aromatic heterocycles. The van der Waals surface area contributed by atoms with Gasteiger partial charge in [0.2, 0.25) is 11.1 Å². The highest BCUT2D eigenvalue weighted by Crippen LogP contribution is 2.37. The summed E-state index contributed by atoms with van der Waals surface area (Å²) in [6.45, 7) is 8.05. The molecule has 3 heterocycles. The Morgan fingerprint density at radius 3 is 2.50 bits per heavy atom. The molecule has 0 fully saturated rings. The summed E-state index contributed by atoms with van der Waals surface area (Å²) in [5, 5.41) is 11.8. The van der Waals surface area contributed by atoms with Crippen LogP contribution in [0.25, 0.3) is 0 Å². The first-order valence-electron chi connectivity index (χ1n) is 12.7. The molecule has 1 atom stereocenters. The molecule has 1 aliphatic rings. The van der Waals surface area contributed by atoms with Gasteiger partial charge in [-0.2, -0.15) is 4.98 Å². The topological polar surface area (TPSA) is 88.0 Å². The molecule has 9 heteroatoms. The van der Waals surface area contributed by atoms with Crippen molar-refractivity contribution in [3.05, 3.63) is 102 Å². The van der Waals surface area contributed by atoms with E-state index in [1.54, 1.807) is 30.2 Å². The predicted octanol–water partition coefficient (Wildman–Crippen LogP) is 5.74. The molecule has 0 bridgehead atoms. The summed E-state index contributed by atoms with van der Waals surface area (Å²) in [6, 6.07) is 21.8. The first kappa shape index (κ1) is 25.5.